The molecule has 0 aliphatic heterocycles. The zero-order valence-corrected chi connectivity index (χ0v) is 6.82. The minimum atomic E-state index is 0.366. The van der Waals surface area contributed by atoms with Gasteiger partial charge in [0.1, 0.15) is 10.7 Å². The molecule has 0 spiro atoms. The van der Waals surface area contributed by atoms with Gasteiger partial charge in [0.25, 0.3) is 0 Å². The van der Waals surface area contributed by atoms with Gasteiger partial charge in [-0.05, 0) is 6.07 Å². The van der Waals surface area contributed by atoms with Crippen molar-refractivity contribution in [3.05, 3.63) is 22.6 Å². The highest BCUT2D eigenvalue weighted by atomic mass is 35.5. The molecule has 0 aliphatic rings. The fourth-order valence-corrected chi connectivity index (χ4v) is 1.27. The van der Waals surface area contributed by atoms with E-state index in [1.165, 1.54) is 0 Å². The number of aromatic nitrogens is 3. The highest BCUT2D eigenvalue weighted by Gasteiger charge is 2.05. The number of halogens is 2. The average Bonchev–Trinajstić information content (AvgIpc) is 2.35. The summed E-state index contributed by atoms with van der Waals surface area (Å²) in [4.78, 5) is 3.84. The number of H-pyrrole nitrogens is 1. The molecule has 0 atom stereocenters. The number of pyridine rings is 1. The highest BCUT2D eigenvalue weighted by molar-refractivity contribution is 6.37. The van der Waals surface area contributed by atoms with Crippen LogP contribution in [-0.2, 0) is 0 Å². The van der Waals surface area contributed by atoms with Gasteiger partial charge in [-0.25, -0.2) is 4.98 Å². The largest absolute Gasteiger partial charge is 0.266 e. The molecule has 0 radical (unpaired) electrons. The highest BCUT2D eigenvalue weighted by Crippen LogP contribution is 2.23. The van der Waals surface area contributed by atoms with Gasteiger partial charge in [0.2, 0.25) is 0 Å². The second-order valence-corrected chi connectivity index (χ2v) is 2.77. The third kappa shape index (κ3) is 0.968. The van der Waals surface area contributed by atoms with Crippen LogP contribution in [-0.4, -0.2) is 15.2 Å². The van der Waals surface area contributed by atoms with Crippen LogP contribution in [0.1, 0.15) is 0 Å². The van der Waals surface area contributed by atoms with E-state index in [0.29, 0.717) is 15.8 Å². The van der Waals surface area contributed by atoms with E-state index >= 15 is 0 Å². The molecule has 0 bridgehead atoms. The first-order chi connectivity index (χ1) is 5.29. The minimum Gasteiger partial charge on any atom is -0.266 e. The van der Waals surface area contributed by atoms with Crippen LogP contribution in [0.15, 0.2) is 12.3 Å². The summed E-state index contributed by atoms with van der Waals surface area (Å²) in [6, 6.07) is 1.76. The Balaban J connectivity index is 2.94. The summed E-state index contributed by atoms with van der Waals surface area (Å²) in [6.45, 7) is 0. The maximum atomic E-state index is 5.74. The number of fused-ring (bicyclic) bond motifs is 1. The van der Waals surface area contributed by atoms with E-state index in [1.54, 1.807) is 12.3 Å². The first-order valence-electron chi connectivity index (χ1n) is 2.93. The van der Waals surface area contributed by atoms with Crippen LogP contribution in [0.25, 0.3) is 10.9 Å². The first kappa shape index (κ1) is 6.88. The van der Waals surface area contributed by atoms with E-state index in [0.717, 1.165) is 5.39 Å². The van der Waals surface area contributed by atoms with Crippen LogP contribution in [0.5, 0.6) is 0 Å². The Hall–Kier alpha value is -0.800. The number of nitrogens with one attached hydrogen (secondary N) is 1. The molecule has 0 saturated heterocycles. The molecule has 11 heavy (non-hydrogen) atoms. The van der Waals surface area contributed by atoms with Crippen molar-refractivity contribution < 1.29 is 0 Å². The van der Waals surface area contributed by atoms with Gasteiger partial charge in [-0.1, -0.05) is 23.2 Å². The zero-order valence-electron chi connectivity index (χ0n) is 5.31. The van der Waals surface area contributed by atoms with E-state index in [1.807, 2.05) is 0 Å². The lowest BCUT2D eigenvalue weighted by Gasteiger charge is -1.88. The van der Waals surface area contributed by atoms with Crippen LogP contribution in [0.2, 0.25) is 10.3 Å². The van der Waals surface area contributed by atoms with Crippen LogP contribution >= 0.6 is 23.2 Å². The predicted molar refractivity (Wildman–Crippen MR) is 43.9 cm³/mol. The number of hydrogen-bond donors (Lipinski definition) is 1. The van der Waals surface area contributed by atoms with Crippen molar-refractivity contribution in [3.8, 4) is 0 Å². The molecule has 2 rings (SSSR count). The summed E-state index contributed by atoms with van der Waals surface area (Å²) in [5.41, 5.74) is 0.610. The number of rotatable bonds is 0. The fraction of sp³-hybridized carbons (Fsp3) is 0. The van der Waals surface area contributed by atoms with Gasteiger partial charge >= 0.3 is 0 Å². The molecule has 2 aromatic rings. The van der Waals surface area contributed by atoms with Crippen LogP contribution < -0.4 is 0 Å². The molecule has 1 N–H and O–H groups in total. The lowest BCUT2D eigenvalue weighted by Crippen LogP contribution is -1.74. The third-order valence-electron chi connectivity index (χ3n) is 1.38. The van der Waals surface area contributed by atoms with Gasteiger partial charge in [0, 0.05) is 11.6 Å². The van der Waals surface area contributed by atoms with E-state index in [2.05, 4.69) is 15.2 Å². The Morgan fingerprint density at radius 3 is 2.91 bits per heavy atom. The monoisotopic (exact) mass is 187 g/mol. The molecule has 0 unspecified atom stereocenters. The molecular formula is C6H3Cl2N3. The molecule has 3 nitrogen and oxygen atoms in total. The van der Waals surface area contributed by atoms with Gasteiger partial charge in [-0.2, -0.15) is 5.10 Å². The van der Waals surface area contributed by atoms with E-state index in [-0.39, 0.29) is 0 Å². The predicted octanol–water partition coefficient (Wildman–Crippen LogP) is 2.26. The van der Waals surface area contributed by atoms with Crippen molar-refractivity contribution in [3.63, 3.8) is 0 Å². The molecule has 56 valence electrons. The van der Waals surface area contributed by atoms with E-state index in [4.69, 9.17) is 23.2 Å². The topological polar surface area (TPSA) is 41.6 Å². The van der Waals surface area contributed by atoms with Crippen molar-refractivity contribution in [1.29, 1.82) is 0 Å². The van der Waals surface area contributed by atoms with Gasteiger partial charge in [0.15, 0.2) is 5.15 Å². The molecular weight excluding hydrogens is 185 g/mol. The summed E-state index contributed by atoms with van der Waals surface area (Å²) < 4.78 is 0. The average molecular weight is 188 g/mol. The van der Waals surface area contributed by atoms with Crippen molar-refractivity contribution >= 4 is 34.1 Å². The molecule has 0 aliphatic carbocycles. The summed E-state index contributed by atoms with van der Waals surface area (Å²) in [7, 11) is 0. The standard InChI is InChI=1S/C6H3Cl2N3/c7-5-3-1-2-9-6(8)4(3)10-11-5/h1-2H,(H,10,11). The lowest BCUT2D eigenvalue weighted by molar-refractivity contribution is 1.11. The minimum absolute atomic E-state index is 0.366. The smallest absolute Gasteiger partial charge is 0.157 e. The molecule has 5 heteroatoms. The van der Waals surface area contributed by atoms with Crippen LogP contribution in [0.4, 0.5) is 0 Å². The maximum absolute atomic E-state index is 5.74. The number of nitrogens with zero attached hydrogens (tertiary/aromatic N) is 2. The molecule has 0 aromatic carbocycles. The second-order valence-electron chi connectivity index (χ2n) is 2.04. The first-order valence-corrected chi connectivity index (χ1v) is 3.68. The summed E-state index contributed by atoms with van der Waals surface area (Å²) in [6.07, 6.45) is 1.59. The van der Waals surface area contributed by atoms with Crippen molar-refractivity contribution in [2.45, 2.75) is 0 Å². The molecule has 0 saturated carbocycles. The SMILES string of the molecule is Clc1[nH]nc2c(Cl)nccc12. The van der Waals surface area contributed by atoms with Gasteiger partial charge < -0.3 is 0 Å². The molecule has 2 aromatic heterocycles. The zero-order chi connectivity index (χ0) is 7.84. The molecule has 0 fully saturated rings. The molecule has 2 heterocycles. The van der Waals surface area contributed by atoms with Gasteiger partial charge in [-0.15, -0.1) is 0 Å². The van der Waals surface area contributed by atoms with Crippen LogP contribution in [0, 0.1) is 0 Å². The summed E-state index contributed by atoms with van der Waals surface area (Å²) >= 11 is 11.5. The Bertz CT molecular complexity index is 396. The summed E-state index contributed by atoms with van der Waals surface area (Å²) in [5.74, 6) is 0. The van der Waals surface area contributed by atoms with Gasteiger partial charge in [0.05, 0.1) is 0 Å². The molecule has 0 amide bonds. The van der Waals surface area contributed by atoms with Crippen LogP contribution in [0.3, 0.4) is 0 Å². The fourth-order valence-electron chi connectivity index (χ4n) is 0.877. The van der Waals surface area contributed by atoms with Crippen molar-refractivity contribution in [1.82, 2.24) is 15.2 Å². The maximum Gasteiger partial charge on any atom is 0.157 e. The van der Waals surface area contributed by atoms with Gasteiger partial charge in [-0.3, -0.25) is 5.10 Å². The quantitative estimate of drug-likeness (QED) is 0.644. The lowest BCUT2D eigenvalue weighted by atomic mass is 10.3. The van der Waals surface area contributed by atoms with E-state index < -0.39 is 0 Å². The summed E-state index contributed by atoms with van der Waals surface area (Å²) in [5, 5.41) is 8.13. The normalized spacial score (nSPS) is 10.7. The second kappa shape index (κ2) is 2.36. The van der Waals surface area contributed by atoms with Crippen molar-refractivity contribution in [2.75, 3.05) is 0 Å². The number of hydrogen-bond acceptors (Lipinski definition) is 2. The van der Waals surface area contributed by atoms with Crippen molar-refractivity contribution in [2.24, 2.45) is 0 Å². The Kier molecular flexibility index (Phi) is 1.47. The number of aromatic amines is 1. The Morgan fingerprint density at radius 1 is 1.36 bits per heavy atom. The third-order valence-corrected chi connectivity index (χ3v) is 1.95. The Labute approximate surface area is 72.3 Å². The van der Waals surface area contributed by atoms with E-state index in [9.17, 15) is 0 Å². The Morgan fingerprint density at radius 2 is 2.18 bits per heavy atom.